The van der Waals surface area contributed by atoms with Gasteiger partial charge < -0.3 is 68.4 Å². The second kappa shape index (κ2) is 15.2. The van der Waals surface area contributed by atoms with Crippen molar-refractivity contribution in [1.82, 2.24) is 21.0 Å². The van der Waals surface area contributed by atoms with Crippen LogP contribution in [0.15, 0.2) is 11.8 Å². The zero-order valence-corrected chi connectivity index (χ0v) is 23.9. The third kappa shape index (κ3) is 8.04. The van der Waals surface area contributed by atoms with Crippen LogP contribution in [0.3, 0.4) is 0 Å². The number of aliphatic hydroxyl groups is 3. The molecule has 3 aliphatic rings. The van der Waals surface area contributed by atoms with Gasteiger partial charge in [0.05, 0.1) is 37.9 Å². The molecule has 238 valence electrons. The highest BCUT2D eigenvalue weighted by molar-refractivity contribution is 5.73. The lowest BCUT2D eigenvalue weighted by Crippen LogP contribution is -2.70. The van der Waals surface area contributed by atoms with E-state index in [1.807, 2.05) is 6.08 Å². The summed E-state index contributed by atoms with van der Waals surface area (Å²) in [6, 6.07) is -3.43. The van der Waals surface area contributed by atoms with Crippen molar-refractivity contribution in [3.05, 3.63) is 11.8 Å². The summed E-state index contributed by atoms with van der Waals surface area (Å²) in [6.07, 6.45) is -2.27. The molecule has 0 spiro atoms. The van der Waals surface area contributed by atoms with Crippen LogP contribution in [-0.4, -0.2) is 138 Å². The van der Waals surface area contributed by atoms with E-state index in [9.17, 15) is 25.3 Å². The van der Waals surface area contributed by atoms with Crippen LogP contribution in [0.1, 0.15) is 26.2 Å². The molecular formula is C25H50N8O8. The molecular weight excluding hydrogens is 540 g/mol. The highest BCUT2D eigenvalue weighted by atomic mass is 16.7. The molecule has 2 fully saturated rings. The first-order chi connectivity index (χ1) is 19.5. The molecule has 16 nitrogen and oxygen atoms in total. The van der Waals surface area contributed by atoms with Crippen molar-refractivity contribution in [3.63, 3.8) is 0 Å². The molecule has 1 saturated carbocycles. The Morgan fingerprint density at radius 1 is 1.22 bits per heavy atom. The number of hydroxylamine groups is 2. The first kappa shape index (κ1) is 33.8. The number of likely N-dealkylation sites (N-methyl/N-ethyl adjacent to an activating group) is 1. The summed E-state index contributed by atoms with van der Waals surface area (Å²) >= 11 is 0. The lowest BCUT2D eigenvalue weighted by atomic mass is 9.72. The topological polar surface area (TPSA) is 269 Å². The monoisotopic (exact) mass is 590 g/mol. The largest absolute Gasteiger partial charge is 0.492 e. The van der Waals surface area contributed by atoms with Crippen LogP contribution in [0.4, 0.5) is 4.79 Å². The van der Waals surface area contributed by atoms with Gasteiger partial charge in [-0.25, -0.2) is 9.86 Å². The predicted octanol–water partition coefficient (Wildman–Crippen LogP) is -4.20. The normalized spacial score (nSPS) is 39.5. The fourth-order valence-corrected chi connectivity index (χ4v) is 5.99. The first-order valence-electron chi connectivity index (χ1n) is 14.2. The summed E-state index contributed by atoms with van der Waals surface area (Å²) in [6.45, 7) is 2.58. The van der Waals surface area contributed by atoms with Gasteiger partial charge in [-0.05, 0) is 52.4 Å². The van der Waals surface area contributed by atoms with Crippen molar-refractivity contribution in [2.45, 2.75) is 86.7 Å². The minimum atomic E-state index is -1.39. The zero-order chi connectivity index (χ0) is 30.3. The van der Waals surface area contributed by atoms with Gasteiger partial charge >= 0.3 is 6.03 Å². The average Bonchev–Trinajstić information content (AvgIpc) is 2.92. The fraction of sp³-hybridized carbons (Fsp3) is 0.880. The number of carbonyl (C=O) groups excluding carboxylic acids is 1. The van der Waals surface area contributed by atoms with Gasteiger partial charge in [0.15, 0.2) is 6.29 Å². The van der Waals surface area contributed by atoms with Gasteiger partial charge in [0.1, 0.15) is 29.7 Å². The molecule has 15 N–H and O–H groups in total. The highest BCUT2D eigenvalue weighted by Gasteiger charge is 2.53. The summed E-state index contributed by atoms with van der Waals surface area (Å²) in [5, 5.41) is 53.0. The molecule has 0 aromatic carbocycles. The van der Waals surface area contributed by atoms with E-state index in [4.69, 9.17) is 37.1 Å². The Kier molecular flexibility index (Phi) is 12.5. The number of urea groups is 1. The molecule has 1 saturated heterocycles. The Morgan fingerprint density at radius 2 is 1.95 bits per heavy atom. The van der Waals surface area contributed by atoms with Crippen molar-refractivity contribution >= 4 is 6.03 Å². The predicted molar refractivity (Wildman–Crippen MR) is 148 cm³/mol. The minimum Gasteiger partial charge on any atom is -0.492 e. The van der Waals surface area contributed by atoms with Crippen molar-refractivity contribution in [3.8, 4) is 0 Å². The molecule has 16 heteroatoms. The van der Waals surface area contributed by atoms with Crippen molar-refractivity contribution in [1.29, 1.82) is 0 Å². The maximum Gasteiger partial charge on any atom is 0.341 e. The maximum atomic E-state index is 12.7. The highest BCUT2D eigenvalue weighted by Crippen LogP contribution is 2.37. The number of nitrogens with one attached hydrogen (secondary N) is 3. The molecule has 2 heterocycles. The quantitative estimate of drug-likeness (QED) is 0.0585. The number of amides is 2. The molecule has 0 radical (unpaired) electrons. The van der Waals surface area contributed by atoms with Crippen LogP contribution in [0.25, 0.3) is 0 Å². The third-order valence-corrected chi connectivity index (χ3v) is 8.12. The SMILES string of the molecule is CN[C@@H]1[C@@H](O)[C@@H](O[C@H]2[C@H](NC(=O)N(O)CCN)C[C@H](N)C([C@H]3OC(CN)=CC[C@H]3NCCCN)[C@@H]2O)OC[C@]1(C)O. The van der Waals surface area contributed by atoms with Gasteiger partial charge in [0, 0.05) is 24.5 Å². The molecule has 3 rings (SSSR count). The van der Waals surface area contributed by atoms with Gasteiger partial charge in [-0.15, -0.1) is 0 Å². The summed E-state index contributed by atoms with van der Waals surface area (Å²) in [5.74, 6) is -0.112. The van der Waals surface area contributed by atoms with Gasteiger partial charge in [0.25, 0.3) is 0 Å². The van der Waals surface area contributed by atoms with Gasteiger partial charge in [-0.2, -0.15) is 0 Å². The number of ether oxygens (including phenoxy) is 3. The number of aliphatic hydroxyl groups excluding tert-OH is 2. The van der Waals surface area contributed by atoms with E-state index in [0.717, 1.165) is 6.42 Å². The Balaban J connectivity index is 1.90. The lowest BCUT2D eigenvalue weighted by Gasteiger charge is -2.51. The van der Waals surface area contributed by atoms with E-state index in [-0.39, 0.29) is 38.7 Å². The summed E-state index contributed by atoms with van der Waals surface area (Å²) in [5.41, 5.74) is 22.3. The molecule has 1 unspecified atom stereocenters. The average molecular weight is 591 g/mol. The van der Waals surface area contributed by atoms with Crippen LogP contribution in [-0.2, 0) is 14.2 Å². The molecule has 11 atom stereocenters. The maximum absolute atomic E-state index is 12.7. The number of nitrogens with zero attached hydrogens (tertiary/aromatic N) is 1. The van der Waals surface area contributed by atoms with Crippen LogP contribution in [0, 0.1) is 5.92 Å². The van der Waals surface area contributed by atoms with E-state index >= 15 is 0 Å². The zero-order valence-electron chi connectivity index (χ0n) is 23.9. The van der Waals surface area contributed by atoms with Crippen molar-refractivity contribution in [2.24, 2.45) is 28.9 Å². The molecule has 0 aromatic heterocycles. The Morgan fingerprint density at radius 3 is 2.59 bits per heavy atom. The Hall–Kier alpha value is -1.67. The molecule has 2 amide bonds. The second-order valence-electron chi connectivity index (χ2n) is 11.2. The molecule has 2 aliphatic heterocycles. The van der Waals surface area contributed by atoms with Crippen LogP contribution in [0.5, 0.6) is 0 Å². The summed E-state index contributed by atoms with van der Waals surface area (Å²) < 4.78 is 18.1. The van der Waals surface area contributed by atoms with E-state index in [1.165, 1.54) is 6.92 Å². The second-order valence-corrected chi connectivity index (χ2v) is 11.2. The lowest BCUT2D eigenvalue weighted by molar-refractivity contribution is -0.297. The van der Waals surface area contributed by atoms with E-state index in [2.05, 4.69) is 16.0 Å². The van der Waals surface area contributed by atoms with Gasteiger partial charge in [0.2, 0.25) is 0 Å². The van der Waals surface area contributed by atoms with E-state index in [0.29, 0.717) is 30.3 Å². The van der Waals surface area contributed by atoms with Gasteiger partial charge in [-0.3, -0.25) is 5.21 Å². The first-order valence-corrected chi connectivity index (χ1v) is 14.2. The van der Waals surface area contributed by atoms with E-state index in [1.54, 1.807) is 7.05 Å². The van der Waals surface area contributed by atoms with Crippen molar-refractivity contribution in [2.75, 3.05) is 46.4 Å². The van der Waals surface area contributed by atoms with Crippen molar-refractivity contribution < 1.29 is 39.5 Å². The number of rotatable bonds is 12. The number of nitrogens with two attached hydrogens (primary N) is 4. The smallest absolute Gasteiger partial charge is 0.341 e. The molecule has 0 aromatic rings. The standard InChI is InChI=1S/C25H50N8O8/c1-25(37)12-39-23(19(35)22(25)30-2)41-21-16(32-24(36)33(38)9-7-27)10-14(29)17(18(21)34)20-15(31-8-3-6-26)5-4-13(11-28)40-20/h4,14-23,30-31,34-35,37-38H,3,5-12,26-29H2,1-2H3,(H,32,36)/t14-,15+,16+,17?,18-,19+,20-,21-,22+,23+,25-/m0/s1. The van der Waals surface area contributed by atoms with Crippen LogP contribution >= 0.6 is 0 Å². The van der Waals surface area contributed by atoms with Crippen LogP contribution in [0.2, 0.25) is 0 Å². The van der Waals surface area contributed by atoms with Gasteiger partial charge in [-0.1, -0.05) is 0 Å². The molecule has 0 bridgehead atoms. The Labute approximate surface area is 240 Å². The third-order valence-electron chi connectivity index (χ3n) is 8.12. The number of hydrogen-bond donors (Lipinski definition) is 11. The van der Waals surface area contributed by atoms with E-state index < -0.39 is 66.4 Å². The Bertz CT molecular complexity index is 869. The number of hydrogen-bond acceptors (Lipinski definition) is 14. The molecule has 41 heavy (non-hydrogen) atoms. The minimum absolute atomic E-state index is 0.0285. The summed E-state index contributed by atoms with van der Waals surface area (Å²) in [4.78, 5) is 12.7. The number of carbonyl (C=O) groups is 1. The molecule has 1 aliphatic carbocycles. The fourth-order valence-electron chi connectivity index (χ4n) is 5.99. The summed E-state index contributed by atoms with van der Waals surface area (Å²) in [7, 11) is 1.59. The van der Waals surface area contributed by atoms with Crippen LogP contribution < -0.4 is 38.9 Å².